The summed E-state index contributed by atoms with van der Waals surface area (Å²) in [6, 6.07) is 4.81. The van der Waals surface area contributed by atoms with Gasteiger partial charge in [-0.3, -0.25) is 4.72 Å². The lowest BCUT2D eigenvalue weighted by atomic mass is 10.3. The van der Waals surface area contributed by atoms with Crippen molar-refractivity contribution >= 4 is 43.0 Å². The lowest BCUT2D eigenvalue weighted by Crippen LogP contribution is -2.11. The molecule has 0 aliphatic heterocycles. The Labute approximate surface area is 122 Å². The van der Waals surface area contributed by atoms with E-state index in [0.717, 1.165) is 32.8 Å². The Morgan fingerprint density at radius 3 is 2.58 bits per heavy atom. The first-order chi connectivity index (χ1) is 8.79. The molecule has 0 aliphatic carbocycles. The fourth-order valence-electron chi connectivity index (χ4n) is 1.34. The van der Waals surface area contributed by atoms with Gasteiger partial charge in [0, 0.05) is 6.07 Å². The minimum Gasteiger partial charge on any atom is -0.505 e. The fraction of sp³-hybridized carbons (Fsp3) is 0.0909. The third-order valence-corrected chi connectivity index (χ3v) is 6.29. The van der Waals surface area contributed by atoms with Crippen LogP contribution in [0.1, 0.15) is 5.56 Å². The van der Waals surface area contributed by atoms with E-state index in [1.165, 1.54) is 12.1 Å². The van der Waals surface area contributed by atoms with Crippen LogP contribution in [-0.2, 0) is 10.0 Å². The van der Waals surface area contributed by atoms with E-state index in [2.05, 4.69) is 20.7 Å². The molecule has 0 atom stereocenters. The molecule has 1 heterocycles. The van der Waals surface area contributed by atoms with Gasteiger partial charge in [-0.2, -0.15) is 0 Å². The predicted molar refractivity (Wildman–Crippen MR) is 75.6 cm³/mol. The lowest BCUT2D eigenvalue weighted by molar-refractivity contribution is 0.432. The minimum absolute atomic E-state index is 0.0532. The third kappa shape index (κ3) is 3.07. The van der Waals surface area contributed by atoms with Crippen molar-refractivity contribution in [2.45, 2.75) is 11.1 Å². The summed E-state index contributed by atoms with van der Waals surface area (Å²) in [7, 11) is -3.75. The fourth-order valence-corrected chi connectivity index (χ4v) is 4.61. The summed E-state index contributed by atoms with van der Waals surface area (Å²) >= 11 is 4.32. The summed E-state index contributed by atoms with van der Waals surface area (Å²) in [5, 5.41) is 9.04. The van der Waals surface area contributed by atoms with E-state index in [9.17, 15) is 12.8 Å². The van der Waals surface area contributed by atoms with Crippen LogP contribution >= 0.6 is 27.3 Å². The molecule has 102 valence electrons. The van der Waals surface area contributed by atoms with E-state index in [-0.39, 0.29) is 9.90 Å². The molecule has 0 amide bonds. The molecule has 0 bridgehead atoms. The monoisotopic (exact) mass is 365 g/mol. The number of phenolic OH excluding ortho intramolecular Hbond substituents is 1. The van der Waals surface area contributed by atoms with Gasteiger partial charge >= 0.3 is 0 Å². The molecular weight excluding hydrogens is 357 g/mol. The van der Waals surface area contributed by atoms with E-state index >= 15 is 0 Å². The topological polar surface area (TPSA) is 66.4 Å². The van der Waals surface area contributed by atoms with E-state index in [1.807, 2.05) is 0 Å². The second-order valence-corrected chi connectivity index (χ2v) is 8.07. The van der Waals surface area contributed by atoms with Gasteiger partial charge in [-0.1, -0.05) is 0 Å². The molecule has 2 N–H and O–H groups in total. The van der Waals surface area contributed by atoms with Crippen molar-refractivity contribution in [3.63, 3.8) is 0 Å². The number of anilines is 1. The predicted octanol–water partition coefficient (Wildman–Crippen LogP) is 3.46. The van der Waals surface area contributed by atoms with Crippen molar-refractivity contribution in [2.24, 2.45) is 0 Å². The van der Waals surface area contributed by atoms with E-state index in [1.54, 1.807) is 6.92 Å². The molecule has 2 rings (SSSR count). The van der Waals surface area contributed by atoms with Crippen LogP contribution in [0.15, 0.2) is 32.3 Å². The Balaban J connectivity index is 2.33. The zero-order valence-electron chi connectivity index (χ0n) is 9.65. The first-order valence-corrected chi connectivity index (χ1v) is 8.16. The number of rotatable bonds is 3. The van der Waals surface area contributed by atoms with Crippen LogP contribution in [0.3, 0.4) is 0 Å². The Bertz CT molecular complexity index is 708. The summed E-state index contributed by atoms with van der Waals surface area (Å²) in [5.74, 6) is -1.42. The Kier molecular flexibility index (Phi) is 3.84. The van der Waals surface area contributed by atoms with E-state index < -0.39 is 21.6 Å². The van der Waals surface area contributed by atoms with Gasteiger partial charge in [0.1, 0.15) is 4.21 Å². The standard InChI is InChI=1S/C11H9BrFNO3S2/c1-6-4-10(18-11(6)12)19(16,17)14-7-2-3-9(15)8(13)5-7/h2-5,14-15H,1H3. The maximum atomic E-state index is 13.1. The zero-order chi connectivity index (χ0) is 14.2. The molecule has 2 aromatic rings. The average Bonchev–Trinajstić information content (AvgIpc) is 2.65. The summed E-state index contributed by atoms with van der Waals surface area (Å²) in [6.07, 6.45) is 0. The van der Waals surface area contributed by atoms with Crippen molar-refractivity contribution in [1.29, 1.82) is 0 Å². The molecule has 8 heteroatoms. The second-order valence-electron chi connectivity index (χ2n) is 3.79. The molecule has 19 heavy (non-hydrogen) atoms. The highest BCUT2D eigenvalue weighted by molar-refractivity contribution is 9.11. The van der Waals surface area contributed by atoms with Crippen LogP contribution in [-0.4, -0.2) is 13.5 Å². The zero-order valence-corrected chi connectivity index (χ0v) is 12.9. The maximum absolute atomic E-state index is 13.1. The number of benzene rings is 1. The highest BCUT2D eigenvalue weighted by Gasteiger charge is 2.18. The van der Waals surface area contributed by atoms with Crippen LogP contribution in [0.4, 0.5) is 10.1 Å². The van der Waals surface area contributed by atoms with Crippen molar-refractivity contribution < 1.29 is 17.9 Å². The second kappa shape index (κ2) is 5.10. The molecular formula is C11H9BrFNO3S2. The number of aromatic hydroxyl groups is 1. The van der Waals surface area contributed by atoms with E-state index in [0.29, 0.717) is 0 Å². The minimum atomic E-state index is -3.75. The number of nitrogens with one attached hydrogen (secondary N) is 1. The highest BCUT2D eigenvalue weighted by Crippen LogP contribution is 2.32. The van der Waals surface area contributed by atoms with Crippen molar-refractivity contribution in [1.82, 2.24) is 0 Å². The molecule has 0 spiro atoms. The van der Waals surface area contributed by atoms with Crippen molar-refractivity contribution in [3.8, 4) is 5.75 Å². The summed E-state index contributed by atoms with van der Waals surface area (Å²) in [5.41, 5.74) is 0.861. The van der Waals surface area contributed by atoms with Gasteiger partial charge < -0.3 is 5.11 Å². The van der Waals surface area contributed by atoms with Crippen molar-refractivity contribution in [3.05, 3.63) is 39.4 Å². The quantitative estimate of drug-likeness (QED) is 0.818. The van der Waals surface area contributed by atoms with Gasteiger partial charge in [0.2, 0.25) is 0 Å². The van der Waals surface area contributed by atoms with Crippen LogP contribution in [0.2, 0.25) is 0 Å². The molecule has 0 aliphatic rings. The van der Waals surface area contributed by atoms with Crippen LogP contribution in [0.25, 0.3) is 0 Å². The van der Waals surface area contributed by atoms with Gasteiger partial charge in [-0.25, -0.2) is 12.8 Å². The average molecular weight is 366 g/mol. The third-order valence-electron chi connectivity index (χ3n) is 2.30. The number of phenols is 1. The largest absolute Gasteiger partial charge is 0.505 e. The molecule has 4 nitrogen and oxygen atoms in total. The smallest absolute Gasteiger partial charge is 0.271 e. The number of hydrogen-bond acceptors (Lipinski definition) is 4. The van der Waals surface area contributed by atoms with Crippen LogP contribution in [0, 0.1) is 12.7 Å². The van der Waals surface area contributed by atoms with Gasteiger partial charge in [-0.05, 0) is 46.6 Å². The number of halogens is 2. The maximum Gasteiger partial charge on any atom is 0.271 e. The molecule has 0 saturated carbocycles. The molecule has 1 aromatic carbocycles. The Morgan fingerprint density at radius 2 is 2.05 bits per heavy atom. The van der Waals surface area contributed by atoms with Crippen molar-refractivity contribution in [2.75, 3.05) is 4.72 Å². The molecule has 1 aromatic heterocycles. The first-order valence-electron chi connectivity index (χ1n) is 5.07. The Morgan fingerprint density at radius 1 is 1.37 bits per heavy atom. The number of sulfonamides is 1. The SMILES string of the molecule is Cc1cc(S(=O)(=O)Nc2ccc(O)c(F)c2)sc1Br. The van der Waals surface area contributed by atoms with Gasteiger partial charge in [-0.15, -0.1) is 11.3 Å². The number of hydrogen-bond donors (Lipinski definition) is 2. The lowest BCUT2D eigenvalue weighted by Gasteiger charge is -2.06. The van der Waals surface area contributed by atoms with Gasteiger partial charge in [0.15, 0.2) is 11.6 Å². The van der Waals surface area contributed by atoms with Crippen LogP contribution < -0.4 is 4.72 Å². The number of thiophene rings is 1. The van der Waals surface area contributed by atoms with Crippen LogP contribution in [0.5, 0.6) is 5.75 Å². The highest BCUT2D eigenvalue weighted by atomic mass is 79.9. The normalized spacial score (nSPS) is 11.5. The summed E-state index contributed by atoms with van der Waals surface area (Å²) < 4.78 is 40.4. The summed E-state index contributed by atoms with van der Waals surface area (Å²) in [4.78, 5) is 0. The summed E-state index contributed by atoms with van der Waals surface area (Å²) in [6.45, 7) is 1.78. The first kappa shape index (κ1) is 14.3. The van der Waals surface area contributed by atoms with Gasteiger partial charge in [0.05, 0.1) is 9.47 Å². The number of aryl methyl sites for hydroxylation is 1. The Hall–Kier alpha value is -1.12. The molecule has 0 radical (unpaired) electrons. The molecule has 0 unspecified atom stereocenters. The van der Waals surface area contributed by atoms with Gasteiger partial charge in [0.25, 0.3) is 10.0 Å². The molecule has 0 saturated heterocycles. The molecule has 0 fully saturated rings. The van der Waals surface area contributed by atoms with E-state index in [4.69, 9.17) is 5.11 Å².